The van der Waals surface area contributed by atoms with Gasteiger partial charge in [0, 0.05) is 77.5 Å². The lowest BCUT2D eigenvalue weighted by atomic mass is 9.95. The Kier molecular flexibility index (Phi) is 3.66. The summed E-state index contributed by atoms with van der Waals surface area (Å²) in [6, 6.07) is 12.1. The summed E-state index contributed by atoms with van der Waals surface area (Å²) in [6.45, 7) is 0. The van der Waals surface area contributed by atoms with Crippen LogP contribution in [0, 0.1) is 10.1 Å². The van der Waals surface area contributed by atoms with Gasteiger partial charge in [0.2, 0.25) is 0 Å². The van der Waals surface area contributed by atoms with Gasteiger partial charge < -0.3 is 14.2 Å². The lowest BCUT2D eigenvalue weighted by Gasteiger charge is -2.11. The van der Waals surface area contributed by atoms with Crippen LogP contribution in [-0.2, 0) is 18.9 Å². The number of hydrogen-bond donors (Lipinski definition) is 0. The second kappa shape index (κ2) is 6.15. The fourth-order valence-corrected chi connectivity index (χ4v) is 4.14. The van der Waals surface area contributed by atoms with Crippen molar-refractivity contribution in [3.05, 3.63) is 76.1 Å². The van der Waals surface area contributed by atoms with E-state index < -0.39 is 16.7 Å². The van der Waals surface area contributed by atoms with Crippen LogP contribution in [0.5, 0.6) is 0 Å². The minimum atomic E-state index is -0.603. The molecule has 1 aliphatic rings. The Morgan fingerprint density at radius 2 is 1.53 bits per heavy atom. The van der Waals surface area contributed by atoms with Crippen LogP contribution in [0.2, 0.25) is 0 Å². The summed E-state index contributed by atoms with van der Waals surface area (Å²) in [5.74, 6) is -1.18. The van der Waals surface area contributed by atoms with Crippen LogP contribution >= 0.6 is 0 Å². The Hall–Kier alpha value is -4.20. The summed E-state index contributed by atoms with van der Waals surface area (Å²) in [4.78, 5) is 27.2. The Balaban J connectivity index is 1.83. The van der Waals surface area contributed by atoms with Gasteiger partial charge in [0.1, 0.15) is 0 Å². The maximum absolute atomic E-state index is 12.8. The molecule has 0 fully saturated rings. The van der Waals surface area contributed by atoms with Gasteiger partial charge in [-0.2, -0.15) is 0 Å². The van der Waals surface area contributed by atoms with Crippen molar-refractivity contribution in [1.29, 1.82) is 0 Å². The Morgan fingerprint density at radius 1 is 0.900 bits per heavy atom. The number of aromatic nitrogens is 2. The van der Waals surface area contributed by atoms with Crippen LogP contribution in [0.25, 0.3) is 33.0 Å². The van der Waals surface area contributed by atoms with Crippen LogP contribution in [0.15, 0.2) is 59.9 Å². The first kappa shape index (κ1) is 17.9. The summed E-state index contributed by atoms with van der Waals surface area (Å²) >= 11 is 0. The molecule has 0 unspecified atom stereocenters. The average Bonchev–Trinajstić information content (AvgIpc) is 3.32. The van der Waals surface area contributed by atoms with Gasteiger partial charge >= 0.3 is 0 Å². The third kappa shape index (κ3) is 2.40. The number of nitro groups is 1. The van der Waals surface area contributed by atoms with Crippen LogP contribution in [0.3, 0.4) is 0 Å². The first-order valence-electron chi connectivity index (χ1n) is 9.19. The molecule has 0 spiro atoms. The predicted molar refractivity (Wildman–Crippen MR) is 112 cm³/mol. The fraction of sp³-hybridized carbons (Fsp3) is 0.0909. The van der Waals surface area contributed by atoms with E-state index in [1.807, 2.05) is 42.1 Å². The fourth-order valence-electron chi connectivity index (χ4n) is 4.14. The number of rotatable bonds is 3. The van der Waals surface area contributed by atoms with Gasteiger partial charge in [-0.15, -0.1) is 0 Å². The topological polar surface area (TPSA) is 105 Å². The number of aryl methyl sites for hydroxylation is 2. The van der Waals surface area contributed by atoms with Crippen LogP contribution in [0.1, 0.15) is 11.1 Å². The second-order valence-electron chi connectivity index (χ2n) is 7.26. The molecule has 3 heterocycles. The predicted octanol–water partition coefficient (Wildman–Crippen LogP) is 2.79. The van der Waals surface area contributed by atoms with Crippen molar-refractivity contribution in [3.63, 3.8) is 0 Å². The average molecular weight is 399 g/mol. The van der Waals surface area contributed by atoms with E-state index in [0.29, 0.717) is 22.0 Å². The lowest BCUT2D eigenvalue weighted by molar-refractivity contribution is -0.384. The first-order chi connectivity index (χ1) is 14.4. The van der Waals surface area contributed by atoms with E-state index >= 15 is 0 Å². The third-order valence-electron chi connectivity index (χ3n) is 5.50. The zero-order valence-electron chi connectivity index (χ0n) is 16.1. The van der Waals surface area contributed by atoms with Crippen molar-refractivity contribution in [2.75, 3.05) is 0 Å². The van der Waals surface area contributed by atoms with Gasteiger partial charge in [-0.3, -0.25) is 14.9 Å². The van der Waals surface area contributed by atoms with E-state index in [1.165, 1.54) is 12.1 Å². The van der Waals surface area contributed by atoms with E-state index in [1.54, 1.807) is 23.9 Å². The molecule has 5 rings (SSSR count). The molecule has 1 amide bonds. The maximum Gasteiger partial charge on any atom is 0.277 e. The minimum Gasteiger partial charge on any atom is -0.858 e. The number of amides is 1. The highest BCUT2D eigenvalue weighted by Gasteiger charge is 2.29. The summed E-state index contributed by atoms with van der Waals surface area (Å²) in [5.41, 5.74) is 3.12. The highest BCUT2D eigenvalue weighted by molar-refractivity contribution is 6.48. The number of para-hydroxylation sites is 1. The third-order valence-corrected chi connectivity index (χ3v) is 5.50. The SMILES string of the molecule is Cn1cc(C2=C(c3cn(C)c4ccccc34)C([O-])=NC2=O)c2ccc([N+](=O)[O-])cc21. The van der Waals surface area contributed by atoms with Crippen molar-refractivity contribution in [1.82, 2.24) is 9.13 Å². The molecule has 4 aromatic rings. The zero-order chi connectivity index (χ0) is 21.2. The number of aliphatic imine (C=N–C) groups is 1. The molecule has 0 aliphatic carbocycles. The van der Waals surface area contributed by atoms with E-state index in [-0.39, 0.29) is 16.8 Å². The smallest absolute Gasteiger partial charge is 0.277 e. The highest BCUT2D eigenvalue weighted by atomic mass is 16.6. The number of non-ortho nitro benzene ring substituents is 1. The van der Waals surface area contributed by atoms with Gasteiger partial charge in [-0.25, -0.2) is 4.99 Å². The van der Waals surface area contributed by atoms with Gasteiger partial charge in [0.05, 0.1) is 16.0 Å². The molecular formula is C22H15N4O4-. The zero-order valence-corrected chi connectivity index (χ0v) is 16.1. The molecule has 30 heavy (non-hydrogen) atoms. The monoisotopic (exact) mass is 399 g/mol. The molecule has 8 nitrogen and oxygen atoms in total. The molecule has 0 saturated heterocycles. The number of nitrogens with zero attached hydrogens (tertiary/aromatic N) is 4. The van der Waals surface area contributed by atoms with Crippen molar-refractivity contribution in [2.24, 2.45) is 19.1 Å². The Morgan fingerprint density at radius 3 is 2.27 bits per heavy atom. The van der Waals surface area contributed by atoms with E-state index in [4.69, 9.17) is 0 Å². The number of nitro benzene ring substituents is 1. The Bertz CT molecular complexity index is 1470. The molecule has 0 radical (unpaired) electrons. The molecule has 148 valence electrons. The summed E-state index contributed by atoms with van der Waals surface area (Å²) in [6.07, 6.45) is 3.53. The van der Waals surface area contributed by atoms with Gasteiger partial charge in [-0.1, -0.05) is 18.2 Å². The summed E-state index contributed by atoms with van der Waals surface area (Å²) < 4.78 is 3.61. The highest BCUT2D eigenvalue weighted by Crippen LogP contribution is 2.39. The van der Waals surface area contributed by atoms with E-state index in [9.17, 15) is 20.0 Å². The van der Waals surface area contributed by atoms with E-state index in [0.717, 1.165) is 10.9 Å². The maximum atomic E-state index is 12.8. The standard InChI is InChI=1S/C22H16N4O4/c1-24-10-15(13-5-3-4-6-17(13)24)19-20(22(28)23-21(19)27)16-11-25(2)18-9-12(26(29)30)7-8-14(16)18/h3-11H,1-2H3,(H,23,27,28)/p-1. The summed E-state index contributed by atoms with van der Waals surface area (Å²) in [7, 11) is 3.62. The van der Waals surface area contributed by atoms with E-state index in [2.05, 4.69) is 4.99 Å². The number of carbonyl (C=O) groups is 1. The normalized spacial score (nSPS) is 14.2. The number of benzene rings is 2. The molecule has 2 aromatic heterocycles. The minimum absolute atomic E-state index is 0.0444. The van der Waals surface area contributed by atoms with Crippen molar-refractivity contribution >= 4 is 50.4 Å². The van der Waals surface area contributed by atoms with Crippen molar-refractivity contribution in [3.8, 4) is 0 Å². The lowest BCUT2D eigenvalue weighted by Crippen LogP contribution is -2.17. The summed E-state index contributed by atoms with van der Waals surface area (Å²) in [5, 5.41) is 25.4. The van der Waals surface area contributed by atoms with Crippen LogP contribution in [0.4, 0.5) is 5.69 Å². The molecule has 8 heteroatoms. The molecule has 2 aromatic carbocycles. The first-order valence-corrected chi connectivity index (χ1v) is 9.19. The molecular weight excluding hydrogens is 384 g/mol. The van der Waals surface area contributed by atoms with Crippen LogP contribution in [-0.4, -0.2) is 25.9 Å². The molecule has 0 N–H and O–H groups in total. The van der Waals surface area contributed by atoms with Crippen molar-refractivity contribution in [2.45, 2.75) is 0 Å². The number of fused-ring (bicyclic) bond motifs is 2. The van der Waals surface area contributed by atoms with Gasteiger partial charge in [-0.05, 0) is 12.1 Å². The molecule has 0 atom stereocenters. The number of hydrogen-bond acceptors (Lipinski definition) is 4. The number of carbonyl (C=O) groups excluding carboxylic acids is 1. The molecule has 0 bridgehead atoms. The van der Waals surface area contributed by atoms with Gasteiger partial charge in [0.15, 0.2) is 0 Å². The largest absolute Gasteiger partial charge is 0.858 e. The van der Waals surface area contributed by atoms with Gasteiger partial charge in [0.25, 0.3) is 11.6 Å². The van der Waals surface area contributed by atoms with Crippen molar-refractivity contribution < 1.29 is 14.8 Å². The van der Waals surface area contributed by atoms with Crippen LogP contribution < -0.4 is 5.11 Å². The molecule has 1 aliphatic heterocycles. The molecule has 0 saturated carbocycles. The quantitative estimate of drug-likeness (QED) is 0.390. The Labute approximate surface area is 170 Å². The second-order valence-corrected chi connectivity index (χ2v) is 7.26.